The molecule has 1 aromatic carbocycles. The third-order valence-electron chi connectivity index (χ3n) is 11.5. The van der Waals surface area contributed by atoms with Crippen LogP contribution in [0.2, 0.25) is 0 Å². The summed E-state index contributed by atoms with van der Waals surface area (Å²) in [5.74, 6) is -0.870. The van der Waals surface area contributed by atoms with Crippen molar-refractivity contribution in [3.63, 3.8) is 0 Å². The Morgan fingerprint density at radius 2 is 1.90 bits per heavy atom. The lowest BCUT2D eigenvalue weighted by molar-refractivity contribution is -0.237. The van der Waals surface area contributed by atoms with Gasteiger partial charge in [0.1, 0.15) is 6.61 Å². The average Bonchev–Trinajstić information content (AvgIpc) is 3.48. The number of amides is 1. The van der Waals surface area contributed by atoms with Gasteiger partial charge in [0.15, 0.2) is 11.5 Å². The van der Waals surface area contributed by atoms with Gasteiger partial charge in [-0.2, -0.15) is 5.10 Å². The zero-order valence-corrected chi connectivity index (χ0v) is 23.6. The first-order chi connectivity index (χ1) is 19.5. The lowest BCUT2D eigenvalue weighted by Crippen LogP contribution is -2.68. The van der Waals surface area contributed by atoms with Crippen molar-refractivity contribution in [2.24, 2.45) is 33.7 Å². The molecule has 5 aliphatic rings. The fraction of sp³-hybridized carbons (Fsp3) is 0.645. The summed E-state index contributed by atoms with van der Waals surface area (Å²) in [5.41, 5.74) is 0.326. The fourth-order valence-electron chi connectivity index (χ4n) is 9.45. The highest BCUT2D eigenvalue weighted by molar-refractivity contribution is 5.95. The number of methoxy groups -OCH3 is 1. The second kappa shape index (κ2) is 9.81. The van der Waals surface area contributed by atoms with Gasteiger partial charge >= 0.3 is 5.97 Å². The molecule has 8 atom stereocenters. The minimum absolute atomic E-state index is 0.0556. The van der Waals surface area contributed by atoms with Crippen molar-refractivity contribution in [2.45, 2.75) is 82.0 Å². The van der Waals surface area contributed by atoms with Gasteiger partial charge in [-0.15, -0.1) is 0 Å². The van der Waals surface area contributed by atoms with Gasteiger partial charge in [0, 0.05) is 35.1 Å². The summed E-state index contributed by atoms with van der Waals surface area (Å²) in [7, 11) is 1.40. The number of aliphatic hydroxyl groups excluding tert-OH is 1. The van der Waals surface area contributed by atoms with Crippen LogP contribution >= 0.6 is 0 Å². The number of hydrazone groups is 1. The van der Waals surface area contributed by atoms with Gasteiger partial charge in [-0.05, 0) is 92.9 Å². The molecule has 4 aliphatic carbocycles. The van der Waals surface area contributed by atoms with Crippen LogP contribution in [-0.4, -0.2) is 69.5 Å². The number of aliphatic hydroxyl groups is 3. The monoisotopic (exact) mass is 568 g/mol. The SMILES string of the molecule is COc1cc(C(=O)N/N=C\[C@]23CC[C@@H](O)C[C@]2(O)CC[C@@H]2[C@@H]3CC[C@]3(C)[C@H](C4=CC(=O)OC4)CC[C@]23O)ccc1O. The van der Waals surface area contributed by atoms with E-state index in [1.807, 2.05) is 0 Å². The number of aromatic hydroxyl groups is 1. The molecule has 0 spiro atoms. The number of rotatable bonds is 5. The summed E-state index contributed by atoms with van der Waals surface area (Å²) >= 11 is 0. The normalized spacial score (nSPS) is 41.7. The Morgan fingerprint density at radius 3 is 2.63 bits per heavy atom. The number of fused-ring (bicyclic) bond motifs is 5. The summed E-state index contributed by atoms with van der Waals surface area (Å²) in [5, 5.41) is 49.5. The van der Waals surface area contributed by atoms with Crippen molar-refractivity contribution in [2.75, 3.05) is 13.7 Å². The minimum Gasteiger partial charge on any atom is -0.504 e. The number of carbonyl (C=O) groups is 2. The molecule has 5 N–H and O–H groups in total. The number of nitrogens with one attached hydrogen (secondary N) is 1. The molecule has 1 aliphatic heterocycles. The summed E-state index contributed by atoms with van der Waals surface area (Å²) < 4.78 is 10.3. The third-order valence-corrected chi connectivity index (χ3v) is 11.5. The molecular formula is C31H40N2O8. The second-order valence-corrected chi connectivity index (χ2v) is 13.1. The van der Waals surface area contributed by atoms with Crippen LogP contribution < -0.4 is 10.2 Å². The highest BCUT2D eigenvalue weighted by Crippen LogP contribution is 2.70. The van der Waals surface area contributed by atoms with E-state index in [1.54, 1.807) is 12.3 Å². The molecule has 10 heteroatoms. The van der Waals surface area contributed by atoms with Crippen molar-refractivity contribution in [1.82, 2.24) is 5.43 Å². The van der Waals surface area contributed by atoms with E-state index in [-0.39, 0.29) is 53.8 Å². The Morgan fingerprint density at radius 1 is 1.12 bits per heavy atom. The standard InChI is InChI=1S/C31H40N2O8/c1-28-9-6-22-23(31(28,39)12-8-21(28)19-14-26(36)41-16-19)7-11-30(38)15-20(34)5-10-29(22,30)17-32-33-27(37)18-3-4-24(35)25(13-18)40-2/h3-4,13-14,17,20-23,34-35,38-39H,5-12,15-16H2,1-2H3,(H,33,37)/b32-17-/t20-,21+,22+,23-,28-,29+,30-,31+/m1/s1. The van der Waals surface area contributed by atoms with E-state index < -0.39 is 34.0 Å². The van der Waals surface area contributed by atoms with Crippen molar-refractivity contribution < 1.29 is 39.5 Å². The van der Waals surface area contributed by atoms with E-state index in [9.17, 15) is 30.0 Å². The molecule has 4 fully saturated rings. The quantitative estimate of drug-likeness (QED) is 0.206. The summed E-state index contributed by atoms with van der Waals surface area (Å²) in [6.07, 6.45) is 7.71. The molecular weight excluding hydrogens is 528 g/mol. The highest BCUT2D eigenvalue weighted by atomic mass is 16.5. The lowest BCUT2D eigenvalue weighted by atomic mass is 9.41. The Labute approximate surface area is 239 Å². The van der Waals surface area contributed by atoms with E-state index in [1.165, 1.54) is 25.3 Å². The van der Waals surface area contributed by atoms with E-state index in [0.717, 1.165) is 24.8 Å². The van der Waals surface area contributed by atoms with Crippen molar-refractivity contribution in [1.29, 1.82) is 0 Å². The molecule has 1 amide bonds. The molecule has 0 bridgehead atoms. The van der Waals surface area contributed by atoms with Crippen LogP contribution in [0.15, 0.2) is 34.9 Å². The number of phenols is 1. The summed E-state index contributed by atoms with van der Waals surface area (Å²) in [6, 6.07) is 4.27. The van der Waals surface area contributed by atoms with Crippen LogP contribution in [0.25, 0.3) is 0 Å². The predicted molar refractivity (Wildman–Crippen MR) is 148 cm³/mol. The zero-order valence-electron chi connectivity index (χ0n) is 23.6. The maximum atomic E-state index is 12.9. The largest absolute Gasteiger partial charge is 0.504 e. The molecule has 0 unspecified atom stereocenters. The Hall–Kier alpha value is -2.95. The van der Waals surface area contributed by atoms with Gasteiger partial charge < -0.3 is 29.9 Å². The Bertz CT molecular complexity index is 1310. The number of cyclic esters (lactones) is 1. The minimum atomic E-state index is -1.22. The van der Waals surface area contributed by atoms with E-state index >= 15 is 0 Å². The first-order valence-electron chi connectivity index (χ1n) is 14.7. The average molecular weight is 569 g/mol. The molecule has 1 heterocycles. The number of nitrogens with zero attached hydrogens (tertiary/aromatic N) is 1. The van der Waals surface area contributed by atoms with E-state index in [2.05, 4.69) is 17.5 Å². The zero-order chi connectivity index (χ0) is 29.2. The van der Waals surface area contributed by atoms with Crippen molar-refractivity contribution in [3.05, 3.63) is 35.4 Å². The number of esters is 1. The third kappa shape index (κ3) is 4.12. The van der Waals surface area contributed by atoms with Crippen LogP contribution in [0.4, 0.5) is 0 Å². The molecule has 10 nitrogen and oxygen atoms in total. The summed E-state index contributed by atoms with van der Waals surface area (Å²) in [4.78, 5) is 24.8. The molecule has 1 aromatic rings. The Kier molecular flexibility index (Phi) is 6.75. The van der Waals surface area contributed by atoms with Crippen LogP contribution in [0.3, 0.4) is 0 Å². The molecule has 0 saturated heterocycles. The Balaban J connectivity index is 1.31. The fourth-order valence-corrected chi connectivity index (χ4v) is 9.45. The van der Waals surface area contributed by atoms with Crippen LogP contribution in [-0.2, 0) is 9.53 Å². The number of hydrogen-bond donors (Lipinski definition) is 5. The van der Waals surface area contributed by atoms with Gasteiger partial charge in [-0.3, -0.25) is 4.79 Å². The van der Waals surface area contributed by atoms with Gasteiger partial charge in [0.2, 0.25) is 0 Å². The van der Waals surface area contributed by atoms with E-state index in [4.69, 9.17) is 9.47 Å². The first kappa shape index (κ1) is 28.2. The second-order valence-electron chi connectivity index (χ2n) is 13.1. The molecule has 6 rings (SSSR count). The van der Waals surface area contributed by atoms with Crippen molar-refractivity contribution >= 4 is 18.1 Å². The van der Waals surface area contributed by atoms with Gasteiger partial charge in [-0.25, -0.2) is 10.2 Å². The maximum Gasteiger partial charge on any atom is 0.331 e. The van der Waals surface area contributed by atoms with Gasteiger partial charge in [0.05, 0.1) is 24.4 Å². The predicted octanol–water partition coefficient (Wildman–Crippen LogP) is 2.83. The highest BCUT2D eigenvalue weighted by Gasteiger charge is 2.71. The molecule has 4 saturated carbocycles. The molecule has 222 valence electrons. The number of carbonyl (C=O) groups excluding carboxylic acids is 2. The number of ether oxygens (including phenoxy) is 2. The van der Waals surface area contributed by atoms with Gasteiger partial charge in [-0.1, -0.05) is 6.92 Å². The topological polar surface area (TPSA) is 158 Å². The van der Waals surface area contributed by atoms with Crippen LogP contribution in [0.1, 0.15) is 75.1 Å². The van der Waals surface area contributed by atoms with Crippen LogP contribution in [0, 0.1) is 28.6 Å². The first-order valence-corrected chi connectivity index (χ1v) is 14.7. The molecule has 41 heavy (non-hydrogen) atoms. The smallest absolute Gasteiger partial charge is 0.331 e. The number of hydrogen-bond acceptors (Lipinski definition) is 9. The molecule has 0 aromatic heterocycles. The lowest BCUT2D eigenvalue weighted by Gasteiger charge is -2.65. The van der Waals surface area contributed by atoms with E-state index in [0.29, 0.717) is 32.1 Å². The van der Waals surface area contributed by atoms with Gasteiger partial charge in [0.25, 0.3) is 5.91 Å². The number of benzene rings is 1. The summed E-state index contributed by atoms with van der Waals surface area (Å²) in [6.45, 7) is 2.42. The number of phenolic OH excluding ortho intramolecular Hbond substituents is 1. The van der Waals surface area contributed by atoms with Crippen LogP contribution in [0.5, 0.6) is 11.5 Å². The maximum absolute atomic E-state index is 12.9. The van der Waals surface area contributed by atoms with Crippen molar-refractivity contribution in [3.8, 4) is 11.5 Å². The molecule has 0 radical (unpaired) electrons.